The number of hydrogen-bond acceptors (Lipinski definition) is 6. The number of aliphatic hydroxyl groups is 2. The van der Waals surface area contributed by atoms with E-state index in [2.05, 4.69) is 9.80 Å². The average Bonchev–Trinajstić information content (AvgIpc) is 3.14. The number of halogens is 4. The van der Waals surface area contributed by atoms with Crippen LogP contribution in [0.4, 0.5) is 8.78 Å². The summed E-state index contributed by atoms with van der Waals surface area (Å²) in [7, 11) is 0. The van der Waals surface area contributed by atoms with Gasteiger partial charge in [-0.05, 0) is 136 Å². The summed E-state index contributed by atoms with van der Waals surface area (Å²) >= 11 is 11.8. The van der Waals surface area contributed by atoms with Crippen molar-refractivity contribution in [2.45, 2.75) is 62.6 Å². The number of ketones is 2. The Morgan fingerprint density at radius 3 is 1.15 bits per heavy atom. The lowest BCUT2D eigenvalue weighted by molar-refractivity contribution is -0.0263. The van der Waals surface area contributed by atoms with Crippen molar-refractivity contribution < 1.29 is 28.6 Å². The average molecular weight is 752 g/mol. The van der Waals surface area contributed by atoms with E-state index in [0.717, 1.165) is 63.2 Å². The lowest BCUT2D eigenvalue weighted by Crippen LogP contribution is -2.42. The highest BCUT2D eigenvalue weighted by atomic mass is 35.5. The third-order valence-corrected chi connectivity index (χ3v) is 10.7. The van der Waals surface area contributed by atoms with Gasteiger partial charge in [0.25, 0.3) is 0 Å². The largest absolute Gasteiger partial charge is 0.385 e. The fourth-order valence-corrected chi connectivity index (χ4v) is 7.13. The van der Waals surface area contributed by atoms with E-state index in [9.17, 15) is 28.6 Å². The number of nitrogens with zero attached hydrogens (tertiary/aromatic N) is 2. The molecule has 4 aromatic carbocycles. The van der Waals surface area contributed by atoms with Crippen LogP contribution in [0.2, 0.25) is 10.0 Å². The molecule has 4 aromatic rings. The Labute approximate surface area is 315 Å². The molecule has 6 rings (SSSR count). The molecule has 0 bridgehead atoms. The predicted octanol–water partition coefficient (Wildman–Crippen LogP) is 8.85. The number of rotatable bonds is 12. The second-order valence-electron chi connectivity index (χ2n) is 13.8. The number of likely N-dealkylation sites (tertiary alicyclic amines) is 2. The zero-order valence-electron chi connectivity index (χ0n) is 29.3. The number of piperidine rings is 2. The van der Waals surface area contributed by atoms with Gasteiger partial charge in [0.1, 0.15) is 11.6 Å². The molecule has 2 fully saturated rings. The Balaban J connectivity index is 0.000000201. The molecule has 0 atom stereocenters. The summed E-state index contributed by atoms with van der Waals surface area (Å²) in [6.45, 7) is 4.83. The normalized spacial score (nSPS) is 17.2. The molecule has 276 valence electrons. The third-order valence-electron chi connectivity index (χ3n) is 10.2. The van der Waals surface area contributed by atoms with Gasteiger partial charge < -0.3 is 20.0 Å². The maximum Gasteiger partial charge on any atom is 0.162 e. The molecule has 6 nitrogen and oxygen atoms in total. The summed E-state index contributed by atoms with van der Waals surface area (Å²) in [4.78, 5) is 28.8. The van der Waals surface area contributed by atoms with E-state index in [-0.39, 0.29) is 23.2 Å². The van der Waals surface area contributed by atoms with Crippen molar-refractivity contribution >= 4 is 34.8 Å². The van der Waals surface area contributed by atoms with Gasteiger partial charge >= 0.3 is 0 Å². The second-order valence-corrected chi connectivity index (χ2v) is 14.7. The van der Waals surface area contributed by atoms with Gasteiger partial charge in [-0.3, -0.25) is 9.59 Å². The highest BCUT2D eigenvalue weighted by Crippen LogP contribution is 2.34. The standard InChI is InChI=1S/2C21H23ClFNO2/c2*22-18-7-5-17(6-8-18)21(26)11-14-24(15-12-21)13-1-2-20(25)16-3-9-19(23)10-4-16/h2*3-10,26H,1-2,11-15H2. The number of Topliss-reactive ketones (excluding diaryl/α,β-unsaturated/α-hetero) is 2. The monoisotopic (exact) mass is 750 g/mol. The summed E-state index contributed by atoms with van der Waals surface area (Å²) in [6.07, 6.45) is 5.08. The molecule has 0 aliphatic carbocycles. The predicted molar refractivity (Wildman–Crippen MR) is 202 cm³/mol. The first-order chi connectivity index (χ1) is 24.9. The fraction of sp³-hybridized carbons (Fsp3) is 0.381. The van der Waals surface area contributed by atoms with Gasteiger partial charge in [0.05, 0.1) is 11.2 Å². The molecular weight excluding hydrogens is 705 g/mol. The van der Waals surface area contributed by atoms with E-state index in [1.165, 1.54) is 48.5 Å². The summed E-state index contributed by atoms with van der Waals surface area (Å²) in [5.74, 6) is -0.578. The topological polar surface area (TPSA) is 81.1 Å². The highest BCUT2D eigenvalue weighted by Gasteiger charge is 2.35. The molecule has 2 saturated heterocycles. The molecule has 2 aliphatic heterocycles. The van der Waals surface area contributed by atoms with Crippen molar-refractivity contribution in [3.05, 3.63) is 141 Å². The molecule has 0 amide bonds. The molecule has 0 unspecified atom stereocenters. The maximum absolute atomic E-state index is 12.9. The van der Waals surface area contributed by atoms with E-state index in [1.54, 1.807) is 0 Å². The van der Waals surface area contributed by atoms with E-state index >= 15 is 0 Å². The van der Waals surface area contributed by atoms with E-state index in [0.29, 0.717) is 59.7 Å². The van der Waals surface area contributed by atoms with Gasteiger partial charge in [0, 0.05) is 60.2 Å². The van der Waals surface area contributed by atoms with Crippen LogP contribution in [0.5, 0.6) is 0 Å². The zero-order chi connectivity index (χ0) is 37.1. The lowest BCUT2D eigenvalue weighted by atomic mass is 9.84. The van der Waals surface area contributed by atoms with Gasteiger partial charge in [-0.15, -0.1) is 0 Å². The summed E-state index contributed by atoms with van der Waals surface area (Å²) in [6, 6.07) is 26.2. The lowest BCUT2D eigenvalue weighted by Gasteiger charge is -2.38. The van der Waals surface area contributed by atoms with Crippen molar-refractivity contribution in [1.82, 2.24) is 9.80 Å². The highest BCUT2D eigenvalue weighted by molar-refractivity contribution is 6.30. The minimum absolute atomic E-state index is 0.0414. The van der Waals surface area contributed by atoms with Gasteiger partial charge in [-0.25, -0.2) is 8.78 Å². The molecule has 0 aromatic heterocycles. The Hall–Kier alpha value is -3.50. The molecule has 0 saturated carbocycles. The van der Waals surface area contributed by atoms with Crippen LogP contribution in [-0.4, -0.2) is 70.8 Å². The first kappa shape index (κ1) is 39.7. The van der Waals surface area contributed by atoms with Gasteiger partial charge in [-0.1, -0.05) is 47.5 Å². The SMILES string of the molecule is O=C(CCCN1CCC(O)(c2ccc(Cl)cc2)CC1)c1ccc(F)cc1.O=C(CCCN1CCC(O)(c2ccc(Cl)cc2)CC1)c1ccc(F)cc1. The number of carbonyl (C=O) groups is 2. The van der Waals surface area contributed by atoms with Crippen LogP contribution in [0, 0.1) is 11.6 Å². The minimum atomic E-state index is -0.801. The van der Waals surface area contributed by atoms with E-state index < -0.39 is 11.2 Å². The van der Waals surface area contributed by atoms with Gasteiger partial charge in [0.2, 0.25) is 0 Å². The van der Waals surface area contributed by atoms with Crippen molar-refractivity contribution in [2.24, 2.45) is 0 Å². The van der Waals surface area contributed by atoms with Crippen LogP contribution in [-0.2, 0) is 11.2 Å². The van der Waals surface area contributed by atoms with Gasteiger partial charge in [0.15, 0.2) is 11.6 Å². The third kappa shape index (κ3) is 11.3. The Kier molecular flexibility index (Phi) is 14.1. The zero-order valence-corrected chi connectivity index (χ0v) is 30.8. The maximum atomic E-state index is 12.9. The molecule has 0 spiro atoms. The summed E-state index contributed by atoms with van der Waals surface area (Å²) in [5.41, 5.74) is 1.33. The van der Waals surface area contributed by atoms with Crippen molar-refractivity contribution in [2.75, 3.05) is 39.3 Å². The number of carbonyl (C=O) groups excluding carboxylic acids is 2. The van der Waals surface area contributed by atoms with Gasteiger partial charge in [-0.2, -0.15) is 0 Å². The van der Waals surface area contributed by atoms with Crippen LogP contribution in [0.1, 0.15) is 83.2 Å². The summed E-state index contributed by atoms with van der Waals surface area (Å²) in [5, 5.41) is 23.1. The fourth-order valence-electron chi connectivity index (χ4n) is 6.88. The van der Waals surface area contributed by atoms with Crippen LogP contribution in [0.3, 0.4) is 0 Å². The van der Waals surface area contributed by atoms with Crippen LogP contribution in [0.15, 0.2) is 97.1 Å². The molecule has 2 aliphatic rings. The van der Waals surface area contributed by atoms with E-state index in [1.807, 2.05) is 48.5 Å². The second kappa shape index (κ2) is 18.5. The van der Waals surface area contributed by atoms with Crippen molar-refractivity contribution in [3.63, 3.8) is 0 Å². The molecule has 2 N–H and O–H groups in total. The number of hydrogen-bond donors (Lipinski definition) is 2. The molecule has 2 heterocycles. The molecular formula is C42H46Cl2F2N2O4. The first-order valence-corrected chi connectivity index (χ1v) is 18.7. The van der Waals surface area contributed by atoms with Crippen LogP contribution >= 0.6 is 23.2 Å². The Morgan fingerprint density at radius 1 is 0.538 bits per heavy atom. The smallest absolute Gasteiger partial charge is 0.162 e. The van der Waals surface area contributed by atoms with Crippen LogP contribution < -0.4 is 0 Å². The summed E-state index contributed by atoms with van der Waals surface area (Å²) < 4.78 is 25.8. The first-order valence-electron chi connectivity index (χ1n) is 17.9. The molecule has 52 heavy (non-hydrogen) atoms. The van der Waals surface area contributed by atoms with E-state index in [4.69, 9.17) is 23.2 Å². The minimum Gasteiger partial charge on any atom is -0.385 e. The quantitative estimate of drug-likeness (QED) is 0.141. The number of benzene rings is 4. The van der Waals surface area contributed by atoms with Crippen molar-refractivity contribution in [3.8, 4) is 0 Å². The molecule has 0 radical (unpaired) electrons. The van der Waals surface area contributed by atoms with Crippen LogP contribution in [0.25, 0.3) is 0 Å². The van der Waals surface area contributed by atoms with Crippen molar-refractivity contribution in [1.29, 1.82) is 0 Å². The molecule has 10 heteroatoms. The Morgan fingerprint density at radius 2 is 0.846 bits per heavy atom. The Bertz CT molecular complexity index is 1610.